The molecule has 3 nitrogen and oxygen atoms in total. The molecular weight excluding hydrogens is 162 g/mol. The van der Waals surface area contributed by atoms with Gasteiger partial charge in [0, 0.05) is 12.3 Å². The quantitative estimate of drug-likeness (QED) is 0.439. The number of carboxylic acid groups (broad SMARTS) is 1. The van der Waals surface area contributed by atoms with Crippen LogP contribution in [0.15, 0.2) is 0 Å². The second-order valence-corrected chi connectivity index (χ2v) is 2.93. The Morgan fingerprint density at radius 3 is 3.00 bits per heavy atom. The smallest absolute Gasteiger partial charge is 0.317 e. The number of thioether (sulfide) groups is 1. The van der Waals surface area contributed by atoms with E-state index in [0.29, 0.717) is 12.3 Å². The Morgan fingerprint density at radius 2 is 2.45 bits per heavy atom. The number of hydrogen-bond acceptors (Lipinski definition) is 3. The van der Waals surface area contributed by atoms with Crippen LogP contribution in [0.4, 0.5) is 0 Å². The van der Waals surface area contributed by atoms with Gasteiger partial charge in [0.05, 0.1) is 12.3 Å². The SMILES string of the molecule is C#CCSCCNCC(=O)O. The van der Waals surface area contributed by atoms with E-state index in [1.54, 1.807) is 11.8 Å². The minimum atomic E-state index is -0.827. The molecule has 0 amide bonds. The van der Waals surface area contributed by atoms with Gasteiger partial charge >= 0.3 is 5.97 Å². The third kappa shape index (κ3) is 9.34. The fourth-order valence-corrected chi connectivity index (χ4v) is 1.02. The van der Waals surface area contributed by atoms with E-state index >= 15 is 0 Å². The molecule has 0 saturated heterocycles. The second-order valence-electron chi connectivity index (χ2n) is 1.83. The van der Waals surface area contributed by atoms with Crippen molar-refractivity contribution in [3.63, 3.8) is 0 Å². The molecule has 0 bridgehead atoms. The molecule has 0 heterocycles. The molecule has 0 spiro atoms. The Balaban J connectivity index is 2.92. The van der Waals surface area contributed by atoms with Crippen molar-refractivity contribution in [2.24, 2.45) is 0 Å². The van der Waals surface area contributed by atoms with Gasteiger partial charge in [-0.1, -0.05) is 5.92 Å². The van der Waals surface area contributed by atoms with Gasteiger partial charge in [-0.25, -0.2) is 0 Å². The van der Waals surface area contributed by atoms with Crippen molar-refractivity contribution < 1.29 is 9.90 Å². The van der Waals surface area contributed by atoms with Crippen molar-refractivity contribution in [1.29, 1.82) is 0 Å². The van der Waals surface area contributed by atoms with Gasteiger partial charge in [-0.3, -0.25) is 4.79 Å². The van der Waals surface area contributed by atoms with E-state index in [9.17, 15) is 4.79 Å². The van der Waals surface area contributed by atoms with Crippen molar-refractivity contribution >= 4 is 17.7 Å². The molecule has 0 aliphatic carbocycles. The van der Waals surface area contributed by atoms with Crippen molar-refractivity contribution in [3.05, 3.63) is 0 Å². The summed E-state index contributed by atoms with van der Waals surface area (Å²) in [4.78, 5) is 9.99. The number of rotatable bonds is 6. The Bertz CT molecular complexity index is 153. The average molecular weight is 173 g/mol. The molecule has 62 valence electrons. The lowest BCUT2D eigenvalue weighted by molar-refractivity contribution is -0.135. The zero-order valence-corrected chi connectivity index (χ0v) is 6.99. The van der Waals surface area contributed by atoms with Gasteiger partial charge in [-0.05, 0) is 0 Å². The summed E-state index contributed by atoms with van der Waals surface area (Å²) in [6.07, 6.45) is 5.01. The molecule has 0 aromatic heterocycles. The van der Waals surface area contributed by atoms with Crippen LogP contribution in [0.25, 0.3) is 0 Å². The minimum absolute atomic E-state index is 0.0244. The van der Waals surface area contributed by atoms with Crippen LogP contribution < -0.4 is 5.32 Å². The summed E-state index contributed by atoms with van der Waals surface area (Å²) in [7, 11) is 0. The Labute approximate surface area is 70.6 Å². The second kappa shape index (κ2) is 7.45. The highest BCUT2D eigenvalue weighted by Gasteiger charge is 1.93. The summed E-state index contributed by atoms with van der Waals surface area (Å²) in [6, 6.07) is 0. The summed E-state index contributed by atoms with van der Waals surface area (Å²) < 4.78 is 0. The van der Waals surface area contributed by atoms with E-state index in [1.165, 1.54) is 0 Å². The highest BCUT2D eigenvalue weighted by Crippen LogP contribution is 1.94. The first-order valence-electron chi connectivity index (χ1n) is 3.21. The van der Waals surface area contributed by atoms with Gasteiger partial charge in [-0.15, -0.1) is 18.2 Å². The molecular formula is C7H11NO2S. The molecule has 0 saturated carbocycles. The lowest BCUT2D eigenvalue weighted by Gasteiger charge is -1.98. The van der Waals surface area contributed by atoms with Crippen LogP contribution >= 0.6 is 11.8 Å². The van der Waals surface area contributed by atoms with Gasteiger partial charge in [0.2, 0.25) is 0 Å². The topological polar surface area (TPSA) is 49.3 Å². The monoisotopic (exact) mass is 173 g/mol. The normalized spacial score (nSPS) is 9.00. The van der Waals surface area contributed by atoms with Crippen LogP contribution in [0, 0.1) is 12.3 Å². The molecule has 0 atom stereocenters. The maximum atomic E-state index is 9.99. The van der Waals surface area contributed by atoms with Crippen molar-refractivity contribution in [1.82, 2.24) is 5.32 Å². The zero-order chi connectivity index (χ0) is 8.53. The van der Waals surface area contributed by atoms with Crippen molar-refractivity contribution in [2.75, 3.05) is 24.6 Å². The summed E-state index contributed by atoms with van der Waals surface area (Å²) in [5, 5.41) is 11.0. The maximum absolute atomic E-state index is 9.99. The van der Waals surface area contributed by atoms with Crippen LogP contribution in [-0.4, -0.2) is 35.7 Å². The zero-order valence-electron chi connectivity index (χ0n) is 6.17. The Hall–Kier alpha value is -0.660. The Morgan fingerprint density at radius 1 is 1.73 bits per heavy atom. The molecule has 2 N–H and O–H groups in total. The molecule has 4 heteroatoms. The standard InChI is InChI=1S/C7H11NO2S/c1-2-4-11-5-3-8-6-7(9)10/h1,8H,3-6H2,(H,9,10). The first-order chi connectivity index (χ1) is 5.27. The number of carbonyl (C=O) groups is 1. The predicted octanol–water partition coefficient (Wildman–Crippen LogP) is 0.0270. The lowest BCUT2D eigenvalue weighted by Crippen LogP contribution is -2.24. The summed E-state index contributed by atoms with van der Waals surface area (Å²) >= 11 is 1.61. The van der Waals surface area contributed by atoms with Gasteiger partial charge < -0.3 is 10.4 Å². The largest absolute Gasteiger partial charge is 0.480 e. The number of nitrogens with one attached hydrogen (secondary N) is 1. The molecule has 0 fully saturated rings. The fourth-order valence-electron chi connectivity index (χ4n) is 0.471. The van der Waals surface area contributed by atoms with Gasteiger partial charge in [0.15, 0.2) is 0 Å². The molecule has 0 unspecified atom stereocenters. The van der Waals surface area contributed by atoms with Crippen LogP contribution in [0.2, 0.25) is 0 Å². The van der Waals surface area contributed by atoms with Gasteiger partial charge in [0.1, 0.15) is 0 Å². The van der Waals surface area contributed by atoms with Crippen LogP contribution in [0.3, 0.4) is 0 Å². The average Bonchev–Trinajstić information content (AvgIpc) is 1.96. The molecule has 0 radical (unpaired) electrons. The van der Waals surface area contributed by atoms with Gasteiger partial charge in [0.25, 0.3) is 0 Å². The third-order valence-electron chi connectivity index (χ3n) is 0.885. The summed E-state index contributed by atoms with van der Waals surface area (Å²) in [5.74, 6) is 3.21. The Kier molecular flexibility index (Phi) is 7.00. The van der Waals surface area contributed by atoms with E-state index in [1.807, 2.05) is 0 Å². The molecule has 11 heavy (non-hydrogen) atoms. The molecule has 0 aliphatic heterocycles. The number of terminal acetylenes is 1. The molecule has 0 aliphatic rings. The third-order valence-corrected chi connectivity index (χ3v) is 1.75. The highest BCUT2D eigenvalue weighted by molar-refractivity contribution is 7.99. The van der Waals surface area contributed by atoms with Crippen LogP contribution in [0.1, 0.15) is 0 Å². The van der Waals surface area contributed by atoms with Crippen LogP contribution in [0.5, 0.6) is 0 Å². The molecule has 0 rings (SSSR count). The first-order valence-corrected chi connectivity index (χ1v) is 4.36. The van der Waals surface area contributed by atoms with E-state index in [2.05, 4.69) is 11.2 Å². The van der Waals surface area contributed by atoms with Gasteiger partial charge in [-0.2, -0.15) is 0 Å². The maximum Gasteiger partial charge on any atom is 0.317 e. The lowest BCUT2D eigenvalue weighted by atomic mass is 10.6. The van der Waals surface area contributed by atoms with Crippen LogP contribution in [-0.2, 0) is 4.79 Å². The van der Waals surface area contributed by atoms with E-state index in [0.717, 1.165) is 5.75 Å². The summed E-state index contributed by atoms with van der Waals surface area (Å²) in [6.45, 7) is 0.718. The number of hydrogen-bond donors (Lipinski definition) is 2. The van der Waals surface area contributed by atoms with E-state index < -0.39 is 5.97 Å². The molecule has 0 aromatic carbocycles. The highest BCUT2D eigenvalue weighted by atomic mass is 32.2. The predicted molar refractivity (Wildman–Crippen MR) is 46.7 cm³/mol. The van der Waals surface area contributed by atoms with Crippen molar-refractivity contribution in [2.45, 2.75) is 0 Å². The number of aliphatic carboxylic acids is 1. The molecule has 0 aromatic rings. The van der Waals surface area contributed by atoms with E-state index in [-0.39, 0.29) is 6.54 Å². The fraction of sp³-hybridized carbons (Fsp3) is 0.571. The summed E-state index contributed by atoms with van der Waals surface area (Å²) in [5.41, 5.74) is 0. The van der Waals surface area contributed by atoms with Crippen molar-refractivity contribution in [3.8, 4) is 12.3 Å². The first kappa shape index (κ1) is 10.3. The minimum Gasteiger partial charge on any atom is -0.480 e. The van der Waals surface area contributed by atoms with E-state index in [4.69, 9.17) is 11.5 Å². The number of carboxylic acids is 1.